The minimum atomic E-state index is -0.877. The molecule has 6 heteroatoms. The van der Waals surface area contributed by atoms with Gasteiger partial charge < -0.3 is 28.8 Å². The smallest absolute Gasteiger partial charge is 0.199 e. The number of hydrogen-bond acceptors (Lipinski definition) is 6. The molecular weight excluding hydrogens is 300 g/mol. The number of hydrogen-bond donors (Lipinski definition) is 1. The molecule has 0 saturated carbocycles. The molecule has 2 fully saturated rings. The molecule has 0 aromatic rings. The van der Waals surface area contributed by atoms with E-state index >= 15 is 0 Å². The highest BCUT2D eigenvalue weighted by atomic mass is 16.8. The Morgan fingerprint density at radius 3 is 2.48 bits per heavy atom. The van der Waals surface area contributed by atoms with Gasteiger partial charge >= 0.3 is 0 Å². The first kappa shape index (κ1) is 17.2. The second-order valence-electron chi connectivity index (χ2n) is 7.55. The fourth-order valence-electron chi connectivity index (χ4n) is 3.24. The molecule has 0 amide bonds. The maximum absolute atomic E-state index is 10.1. The first-order chi connectivity index (χ1) is 10.7. The van der Waals surface area contributed by atoms with Crippen molar-refractivity contribution in [3.8, 4) is 0 Å². The fraction of sp³-hybridized carbons (Fsp3) is 0.882. The number of aliphatic hydroxyl groups is 1. The Bertz CT molecular complexity index is 472. The van der Waals surface area contributed by atoms with E-state index in [4.69, 9.17) is 23.7 Å². The van der Waals surface area contributed by atoms with E-state index in [2.05, 4.69) is 6.92 Å². The van der Waals surface area contributed by atoms with Gasteiger partial charge in [-0.05, 0) is 33.8 Å². The minimum absolute atomic E-state index is 0.0563. The van der Waals surface area contributed by atoms with Gasteiger partial charge in [-0.25, -0.2) is 0 Å². The zero-order chi connectivity index (χ0) is 16.8. The van der Waals surface area contributed by atoms with Crippen LogP contribution >= 0.6 is 0 Å². The highest BCUT2D eigenvalue weighted by Gasteiger charge is 2.49. The molecule has 2 heterocycles. The Hall–Kier alpha value is -0.660. The molecule has 2 saturated heterocycles. The Morgan fingerprint density at radius 1 is 1.22 bits per heavy atom. The molecule has 0 radical (unpaired) electrons. The number of rotatable bonds is 6. The summed E-state index contributed by atoms with van der Waals surface area (Å²) in [6.07, 6.45) is 1.77. The molecule has 3 aliphatic rings. The van der Waals surface area contributed by atoms with E-state index < -0.39 is 17.9 Å². The van der Waals surface area contributed by atoms with Crippen molar-refractivity contribution < 1.29 is 28.8 Å². The van der Waals surface area contributed by atoms with Crippen molar-refractivity contribution >= 4 is 0 Å². The predicted molar refractivity (Wildman–Crippen MR) is 82.3 cm³/mol. The first-order valence-electron chi connectivity index (χ1n) is 8.36. The van der Waals surface area contributed by atoms with Crippen LogP contribution in [0.2, 0.25) is 0 Å². The largest absolute Gasteiger partial charge is 0.469 e. The van der Waals surface area contributed by atoms with Crippen molar-refractivity contribution in [2.45, 2.75) is 83.6 Å². The third kappa shape index (κ3) is 4.25. The van der Waals surface area contributed by atoms with Crippen LogP contribution in [0.5, 0.6) is 0 Å². The van der Waals surface area contributed by atoms with E-state index in [0.717, 1.165) is 12.2 Å². The van der Waals surface area contributed by atoms with E-state index in [-0.39, 0.29) is 24.2 Å². The fourth-order valence-corrected chi connectivity index (χ4v) is 3.24. The van der Waals surface area contributed by atoms with E-state index in [9.17, 15) is 5.11 Å². The maximum Gasteiger partial charge on any atom is 0.199 e. The van der Waals surface area contributed by atoms with Crippen LogP contribution < -0.4 is 0 Å². The normalized spacial score (nSPS) is 37.3. The quantitative estimate of drug-likeness (QED) is 0.755. The van der Waals surface area contributed by atoms with Crippen molar-refractivity contribution in [2.24, 2.45) is 5.92 Å². The number of allylic oxidation sites excluding steroid dienone is 2. The van der Waals surface area contributed by atoms with Gasteiger partial charge in [0.15, 0.2) is 17.9 Å². The molecule has 23 heavy (non-hydrogen) atoms. The number of ether oxygens (including phenoxy) is 5. The Balaban J connectivity index is 1.63. The van der Waals surface area contributed by atoms with Crippen LogP contribution in [-0.4, -0.2) is 47.9 Å². The lowest BCUT2D eigenvalue weighted by molar-refractivity contribution is -0.166. The van der Waals surface area contributed by atoms with Gasteiger partial charge in [0.05, 0.1) is 30.7 Å². The van der Waals surface area contributed by atoms with Gasteiger partial charge in [-0.1, -0.05) is 6.92 Å². The van der Waals surface area contributed by atoms with Crippen molar-refractivity contribution in [3.05, 3.63) is 11.8 Å². The van der Waals surface area contributed by atoms with E-state index in [1.807, 2.05) is 33.8 Å². The van der Waals surface area contributed by atoms with E-state index in [0.29, 0.717) is 13.0 Å². The van der Waals surface area contributed by atoms with Gasteiger partial charge in [-0.3, -0.25) is 0 Å². The topological polar surface area (TPSA) is 66.4 Å². The van der Waals surface area contributed by atoms with Crippen LogP contribution in [0.15, 0.2) is 11.8 Å². The molecule has 5 unspecified atom stereocenters. The van der Waals surface area contributed by atoms with Crippen LogP contribution in [0.25, 0.3) is 0 Å². The average Bonchev–Trinajstić information content (AvgIpc) is 3.07. The molecule has 1 aliphatic carbocycles. The van der Waals surface area contributed by atoms with Crippen LogP contribution in [0, 0.1) is 5.92 Å². The predicted octanol–water partition coefficient (Wildman–Crippen LogP) is 2.31. The molecule has 1 N–H and O–H groups in total. The van der Waals surface area contributed by atoms with Gasteiger partial charge in [-0.2, -0.15) is 0 Å². The lowest BCUT2D eigenvalue weighted by Crippen LogP contribution is -2.40. The standard InChI is InChI=1S/C17H28O6/c1-10(13-9-19-16(2,3)22-13)15-12(21-17(4,5)23-15)8-14(18)20-11-6-7-11/h6,10,12-15,18H,7-9H2,1-5H3. The van der Waals surface area contributed by atoms with Gasteiger partial charge in [0.25, 0.3) is 0 Å². The summed E-state index contributed by atoms with van der Waals surface area (Å²) in [7, 11) is 0. The summed E-state index contributed by atoms with van der Waals surface area (Å²) in [6.45, 7) is 10.2. The van der Waals surface area contributed by atoms with Crippen LogP contribution in [0.4, 0.5) is 0 Å². The summed E-state index contributed by atoms with van der Waals surface area (Å²) in [5, 5.41) is 10.1. The lowest BCUT2D eigenvalue weighted by Gasteiger charge is -2.28. The second kappa shape index (κ2) is 6.01. The molecule has 0 aromatic heterocycles. The highest BCUT2D eigenvalue weighted by Crippen LogP contribution is 2.39. The van der Waals surface area contributed by atoms with Crippen LogP contribution in [0.3, 0.4) is 0 Å². The Morgan fingerprint density at radius 2 is 1.91 bits per heavy atom. The second-order valence-corrected chi connectivity index (χ2v) is 7.55. The summed E-state index contributed by atoms with van der Waals surface area (Å²) in [6, 6.07) is 0. The SMILES string of the molecule is CC(C1COC(C)(C)O1)C1OC(C)(C)OC1CC(O)OC1=CC1. The monoisotopic (exact) mass is 328 g/mol. The van der Waals surface area contributed by atoms with Gasteiger partial charge in [0.2, 0.25) is 0 Å². The van der Waals surface area contributed by atoms with Crippen molar-refractivity contribution in [2.75, 3.05) is 6.61 Å². The molecule has 3 rings (SSSR count). The first-order valence-corrected chi connectivity index (χ1v) is 8.36. The molecular formula is C17H28O6. The van der Waals surface area contributed by atoms with E-state index in [1.165, 1.54) is 0 Å². The minimum Gasteiger partial charge on any atom is -0.469 e. The summed E-state index contributed by atoms with van der Waals surface area (Å²) < 4.78 is 29.1. The average molecular weight is 328 g/mol. The molecule has 2 aliphatic heterocycles. The molecule has 5 atom stereocenters. The van der Waals surface area contributed by atoms with E-state index in [1.54, 1.807) is 0 Å². The molecule has 0 bridgehead atoms. The molecule has 132 valence electrons. The van der Waals surface area contributed by atoms with Crippen LogP contribution in [0.1, 0.15) is 47.5 Å². The van der Waals surface area contributed by atoms with Gasteiger partial charge in [-0.15, -0.1) is 0 Å². The molecule has 0 spiro atoms. The third-order valence-electron chi connectivity index (χ3n) is 4.45. The van der Waals surface area contributed by atoms with Gasteiger partial charge in [0, 0.05) is 18.8 Å². The van der Waals surface area contributed by atoms with Crippen molar-refractivity contribution in [3.63, 3.8) is 0 Å². The lowest BCUT2D eigenvalue weighted by atomic mass is 9.93. The third-order valence-corrected chi connectivity index (χ3v) is 4.45. The zero-order valence-corrected chi connectivity index (χ0v) is 14.6. The Kier molecular flexibility index (Phi) is 4.48. The summed E-state index contributed by atoms with van der Waals surface area (Å²) in [5.41, 5.74) is 0. The van der Waals surface area contributed by atoms with Crippen molar-refractivity contribution in [1.82, 2.24) is 0 Å². The molecule has 0 aromatic carbocycles. The summed E-state index contributed by atoms with van der Waals surface area (Å²) in [4.78, 5) is 0. The Labute approximate surface area is 137 Å². The summed E-state index contributed by atoms with van der Waals surface area (Å²) in [5.74, 6) is -0.327. The zero-order valence-electron chi connectivity index (χ0n) is 14.6. The van der Waals surface area contributed by atoms with Crippen molar-refractivity contribution in [1.29, 1.82) is 0 Å². The number of aliphatic hydroxyl groups excluding tert-OH is 1. The maximum atomic E-state index is 10.1. The van der Waals surface area contributed by atoms with Crippen LogP contribution in [-0.2, 0) is 23.7 Å². The highest BCUT2D eigenvalue weighted by molar-refractivity contribution is 5.14. The molecule has 6 nitrogen and oxygen atoms in total. The summed E-state index contributed by atoms with van der Waals surface area (Å²) >= 11 is 0. The van der Waals surface area contributed by atoms with Gasteiger partial charge in [0.1, 0.15) is 0 Å².